The normalized spacial score (nSPS) is 11.6. The number of halogens is 3. The minimum absolute atomic E-state index is 0. The molecule has 0 aliphatic heterocycles. The van der Waals surface area contributed by atoms with Crippen LogP contribution >= 0.6 is 35.6 Å². The molecular formula is C9H10Cl3NO. The minimum atomic E-state index is -0.324. The van der Waals surface area contributed by atoms with Crippen LogP contribution in [0.4, 0.5) is 0 Å². The van der Waals surface area contributed by atoms with E-state index in [0.29, 0.717) is 0 Å². The SMILES string of the molecule is C=C[C@H](N)c1cc(Cl)c(O)c(Cl)c1.Cl. The second-order valence-electron chi connectivity index (χ2n) is 2.59. The van der Waals surface area contributed by atoms with Gasteiger partial charge in [-0.1, -0.05) is 29.3 Å². The third kappa shape index (κ3) is 2.79. The predicted octanol–water partition coefficient (Wildman–Crippen LogP) is 3.31. The Morgan fingerprint density at radius 1 is 1.36 bits per heavy atom. The molecule has 0 amide bonds. The van der Waals surface area contributed by atoms with Gasteiger partial charge in [0.2, 0.25) is 0 Å². The number of rotatable bonds is 2. The summed E-state index contributed by atoms with van der Waals surface area (Å²) in [5, 5.41) is 9.64. The van der Waals surface area contributed by atoms with Crippen molar-refractivity contribution >= 4 is 35.6 Å². The van der Waals surface area contributed by atoms with E-state index in [4.69, 9.17) is 28.9 Å². The van der Waals surface area contributed by atoms with Crippen LogP contribution in [0.25, 0.3) is 0 Å². The molecule has 0 aliphatic carbocycles. The average Bonchev–Trinajstić information content (AvgIpc) is 2.12. The number of hydrogen-bond acceptors (Lipinski definition) is 2. The van der Waals surface area contributed by atoms with Crippen LogP contribution in [-0.4, -0.2) is 5.11 Å². The van der Waals surface area contributed by atoms with E-state index in [-0.39, 0.29) is 34.2 Å². The van der Waals surface area contributed by atoms with Crippen molar-refractivity contribution in [2.75, 3.05) is 0 Å². The first-order valence-corrected chi connectivity index (χ1v) is 4.38. The third-order valence-corrected chi connectivity index (χ3v) is 2.25. The van der Waals surface area contributed by atoms with Gasteiger partial charge in [0, 0.05) is 6.04 Å². The van der Waals surface area contributed by atoms with Crippen LogP contribution in [0, 0.1) is 0 Å². The van der Waals surface area contributed by atoms with Gasteiger partial charge in [-0.2, -0.15) is 0 Å². The highest BCUT2D eigenvalue weighted by Crippen LogP contribution is 2.34. The van der Waals surface area contributed by atoms with Gasteiger partial charge in [-0.15, -0.1) is 19.0 Å². The van der Waals surface area contributed by atoms with Gasteiger partial charge in [-0.3, -0.25) is 0 Å². The molecule has 0 saturated carbocycles. The van der Waals surface area contributed by atoms with Crippen LogP contribution < -0.4 is 5.73 Å². The maximum atomic E-state index is 9.25. The maximum Gasteiger partial charge on any atom is 0.152 e. The highest BCUT2D eigenvalue weighted by atomic mass is 35.5. The van der Waals surface area contributed by atoms with Gasteiger partial charge in [0.15, 0.2) is 5.75 Å². The fourth-order valence-corrected chi connectivity index (χ4v) is 1.42. The molecular weight excluding hydrogens is 244 g/mol. The van der Waals surface area contributed by atoms with Gasteiger partial charge >= 0.3 is 0 Å². The van der Waals surface area contributed by atoms with Crippen molar-refractivity contribution in [2.24, 2.45) is 5.73 Å². The first-order chi connectivity index (χ1) is 6.06. The maximum absolute atomic E-state index is 9.25. The summed E-state index contributed by atoms with van der Waals surface area (Å²) in [5.41, 5.74) is 6.39. The molecule has 78 valence electrons. The highest BCUT2D eigenvalue weighted by molar-refractivity contribution is 6.37. The van der Waals surface area contributed by atoms with Crippen LogP contribution in [-0.2, 0) is 0 Å². The predicted molar refractivity (Wildman–Crippen MR) is 62.5 cm³/mol. The first-order valence-electron chi connectivity index (χ1n) is 3.62. The fourth-order valence-electron chi connectivity index (χ4n) is 0.914. The summed E-state index contributed by atoms with van der Waals surface area (Å²) in [7, 11) is 0. The van der Waals surface area contributed by atoms with Crippen LogP contribution in [0.3, 0.4) is 0 Å². The van der Waals surface area contributed by atoms with E-state index in [9.17, 15) is 5.11 Å². The van der Waals surface area contributed by atoms with E-state index in [1.807, 2.05) is 0 Å². The van der Waals surface area contributed by atoms with Gasteiger partial charge in [0.25, 0.3) is 0 Å². The molecule has 3 N–H and O–H groups in total. The molecule has 0 saturated heterocycles. The second kappa shape index (κ2) is 5.47. The number of aromatic hydroxyl groups is 1. The van der Waals surface area contributed by atoms with Crippen LogP contribution in [0.15, 0.2) is 24.8 Å². The van der Waals surface area contributed by atoms with E-state index >= 15 is 0 Å². The molecule has 1 rings (SSSR count). The first kappa shape index (κ1) is 13.6. The summed E-state index contributed by atoms with van der Waals surface area (Å²) in [4.78, 5) is 0. The van der Waals surface area contributed by atoms with Crippen molar-refractivity contribution in [3.05, 3.63) is 40.4 Å². The molecule has 1 aromatic carbocycles. The Balaban J connectivity index is 0.00000169. The molecule has 0 aliphatic rings. The van der Waals surface area contributed by atoms with Crippen molar-refractivity contribution in [1.82, 2.24) is 0 Å². The van der Waals surface area contributed by atoms with E-state index in [1.165, 1.54) is 0 Å². The van der Waals surface area contributed by atoms with Crippen molar-refractivity contribution in [3.63, 3.8) is 0 Å². The van der Waals surface area contributed by atoms with E-state index in [1.54, 1.807) is 18.2 Å². The molecule has 0 bridgehead atoms. The minimum Gasteiger partial charge on any atom is -0.505 e. The zero-order valence-electron chi connectivity index (χ0n) is 7.21. The molecule has 0 unspecified atom stereocenters. The lowest BCUT2D eigenvalue weighted by atomic mass is 10.1. The Morgan fingerprint density at radius 3 is 2.14 bits per heavy atom. The molecule has 5 heteroatoms. The third-order valence-electron chi connectivity index (χ3n) is 1.68. The van der Waals surface area contributed by atoms with Crippen LogP contribution in [0.2, 0.25) is 10.0 Å². The Bertz CT molecular complexity index is 318. The quantitative estimate of drug-likeness (QED) is 0.796. The molecule has 0 aromatic heterocycles. The molecule has 0 radical (unpaired) electrons. The molecule has 0 heterocycles. The van der Waals surface area contributed by atoms with Crippen molar-refractivity contribution in [2.45, 2.75) is 6.04 Å². The number of phenols is 1. The zero-order chi connectivity index (χ0) is 10.0. The summed E-state index contributed by atoms with van der Waals surface area (Å²) >= 11 is 11.4. The number of hydrogen-bond donors (Lipinski definition) is 2. The number of phenolic OH excluding ortho intramolecular Hbond substituents is 1. The van der Waals surface area contributed by atoms with Gasteiger partial charge < -0.3 is 10.8 Å². The highest BCUT2D eigenvalue weighted by Gasteiger charge is 2.09. The summed E-state index contributed by atoms with van der Waals surface area (Å²) in [6.45, 7) is 3.55. The molecule has 2 nitrogen and oxygen atoms in total. The largest absolute Gasteiger partial charge is 0.505 e. The molecule has 0 fully saturated rings. The van der Waals surface area contributed by atoms with Gasteiger partial charge in [-0.05, 0) is 17.7 Å². The zero-order valence-corrected chi connectivity index (χ0v) is 9.53. The molecule has 1 aromatic rings. The second-order valence-corrected chi connectivity index (χ2v) is 3.41. The number of benzene rings is 1. The van der Waals surface area contributed by atoms with Crippen LogP contribution in [0.1, 0.15) is 11.6 Å². The van der Waals surface area contributed by atoms with E-state index in [2.05, 4.69) is 6.58 Å². The van der Waals surface area contributed by atoms with Crippen molar-refractivity contribution in [3.8, 4) is 5.75 Å². The lowest BCUT2D eigenvalue weighted by Crippen LogP contribution is -2.06. The lowest BCUT2D eigenvalue weighted by molar-refractivity contribution is 0.475. The van der Waals surface area contributed by atoms with Crippen LogP contribution in [0.5, 0.6) is 5.75 Å². The summed E-state index contributed by atoms with van der Waals surface area (Å²) in [5.74, 6) is -0.122. The Hall–Kier alpha value is -0.410. The number of nitrogens with two attached hydrogens (primary N) is 1. The standard InChI is InChI=1S/C9H9Cl2NO.ClH/c1-2-8(12)5-3-6(10)9(13)7(11)4-5;/h2-4,8,13H,1,12H2;1H/t8-;/m0./s1. The Labute approximate surface area is 98.7 Å². The van der Waals surface area contributed by atoms with E-state index in [0.717, 1.165) is 5.56 Å². The lowest BCUT2D eigenvalue weighted by Gasteiger charge is -2.08. The summed E-state index contributed by atoms with van der Waals surface area (Å²) < 4.78 is 0. The van der Waals surface area contributed by atoms with Gasteiger partial charge in [0.1, 0.15) is 0 Å². The Kier molecular flexibility index (Phi) is 5.31. The van der Waals surface area contributed by atoms with Crippen molar-refractivity contribution < 1.29 is 5.11 Å². The summed E-state index contributed by atoms with van der Waals surface area (Å²) in [6.07, 6.45) is 1.57. The van der Waals surface area contributed by atoms with Gasteiger partial charge in [-0.25, -0.2) is 0 Å². The summed E-state index contributed by atoms with van der Waals surface area (Å²) in [6, 6.07) is 2.81. The van der Waals surface area contributed by atoms with Crippen molar-refractivity contribution in [1.29, 1.82) is 0 Å². The smallest absolute Gasteiger partial charge is 0.152 e. The average molecular weight is 255 g/mol. The molecule has 1 atom stereocenters. The van der Waals surface area contributed by atoms with E-state index < -0.39 is 0 Å². The molecule has 0 spiro atoms. The monoisotopic (exact) mass is 253 g/mol. The fraction of sp³-hybridized carbons (Fsp3) is 0.111. The van der Waals surface area contributed by atoms with Gasteiger partial charge in [0.05, 0.1) is 10.0 Å². The topological polar surface area (TPSA) is 46.2 Å². The Morgan fingerprint density at radius 2 is 1.79 bits per heavy atom. The molecule has 14 heavy (non-hydrogen) atoms.